The van der Waals surface area contributed by atoms with Gasteiger partial charge in [0, 0.05) is 60.6 Å². The maximum absolute atomic E-state index is 13.0. The van der Waals surface area contributed by atoms with Gasteiger partial charge in [-0.05, 0) is 37.2 Å². The van der Waals surface area contributed by atoms with Crippen LogP contribution < -0.4 is 5.56 Å². The van der Waals surface area contributed by atoms with Gasteiger partial charge in [-0.3, -0.25) is 4.79 Å². The van der Waals surface area contributed by atoms with Crippen molar-refractivity contribution in [3.8, 4) is 17.1 Å². The number of nitrogens with zero attached hydrogens (tertiary/aromatic N) is 2. The normalized spacial score (nSPS) is 20.2. The number of aromatic nitrogens is 2. The number of hydrogen-bond acceptors (Lipinski definition) is 6. The number of phenols is 1. The van der Waals surface area contributed by atoms with Crippen LogP contribution in [0.1, 0.15) is 25.0 Å². The van der Waals surface area contributed by atoms with Crippen molar-refractivity contribution in [1.29, 1.82) is 0 Å². The van der Waals surface area contributed by atoms with Crippen molar-refractivity contribution in [3.05, 3.63) is 57.4 Å². The summed E-state index contributed by atoms with van der Waals surface area (Å²) in [5, 5.41) is 20.7. The fourth-order valence-corrected chi connectivity index (χ4v) is 3.62. The van der Waals surface area contributed by atoms with Gasteiger partial charge in [0.25, 0.3) is 5.56 Å². The van der Waals surface area contributed by atoms with Crippen LogP contribution in [0.5, 0.6) is 5.75 Å². The number of aliphatic hydroxyl groups is 1. The number of benzene rings is 1. The molecule has 0 saturated carbocycles. The van der Waals surface area contributed by atoms with E-state index in [-0.39, 0.29) is 85.7 Å². The molecule has 4 heterocycles. The number of carbonyl (C=O) groups is 1. The van der Waals surface area contributed by atoms with Crippen LogP contribution in [0, 0.1) is 44.1 Å². The number of ether oxygens (including phenoxy) is 1. The Morgan fingerprint density at radius 2 is 2.11 bits per heavy atom. The summed E-state index contributed by atoms with van der Waals surface area (Å²) in [6.07, 6.45) is 0. The summed E-state index contributed by atoms with van der Waals surface area (Å²) in [5.41, 5.74) is 0.129. The summed E-state index contributed by atoms with van der Waals surface area (Å²) < 4.78 is 14.9. The van der Waals surface area contributed by atoms with Crippen molar-refractivity contribution in [2.75, 3.05) is 0 Å². The Hall–Kier alpha value is -1.75. The summed E-state index contributed by atoms with van der Waals surface area (Å²) in [6, 6.07) is 6.33. The molecule has 133 valence electrons. The zero-order valence-corrected chi connectivity index (χ0v) is 19.1. The molecule has 3 aromatic rings. The second kappa shape index (κ2) is 6.13. The van der Waals surface area contributed by atoms with Crippen LogP contribution in [0.3, 0.4) is 0 Å². The third-order valence-electron chi connectivity index (χ3n) is 5.01. The van der Waals surface area contributed by atoms with Gasteiger partial charge in [-0.25, -0.2) is 9.78 Å². The van der Waals surface area contributed by atoms with Gasteiger partial charge in [0.15, 0.2) is 5.60 Å². The Morgan fingerprint density at radius 3 is 2.89 bits per heavy atom. The predicted molar refractivity (Wildman–Crippen MR) is 91.6 cm³/mol. The molecule has 0 fully saturated rings. The molecule has 2 N–H and O–H groups in total. The molecular formula is C19H14AcN2O5. The van der Waals surface area contributed by atoms with E-state index in [2.05, 4.69) is 4.98 Å². The zero-order chi connectivity index (χ0) is 19.1. The van der Waals surface area contributed by atoms with Gasteiger partial charge in [0.2, 0.25) is 0 Å². The minimum Gasteiger partial charge on any atom is -0.508 e. The molecule has 7 nitrogen and oxygen atoms in total. The van der Waals surface area contributed by atoms with Gasteiger partial charge in [0.05, 0.1) is 30.4 Å². The SMILES string of the molecule is [3H]c1c2c(nc3ccc(O)cc13)-c1cc3c(c(=O)n1C2)COC(=O)[C@@]3(C)O.[Ac]. The number of pyridine rings is 2. The van der Waals surface area contributed by atoms with E-state index < -0.39 is 11.6 Å². The fraction of sp³-hybridized carbons (Fsp3) is 0.211. The molecule has 0 amide bonds. The number of cyclic esters (lactones) is 1. The number of hydrogen-bond donors (Lipinski definition) is 2. The molecule has 1 atom stereocenters. The van der Waals surface area contributed by atoms with E-state index in [4.69, 9.17) is 6.11 Å². The van der Waals surface area contributed by atoms with Crippen LogP contribution in [0.4, 0.5) is 0 Å². The molecule has 0 unspecified atom stereocenters. The van der Waals surface area contributed by atoms with Crippen molar-refractivity contribution in [1.82, 2.24) is 9.55 Å². The Bertz CT molecular complexity index is 1250. The molecule has 2 aromatic heterocycles. The first kappa shape index (κ1) is 17.4. The van der Waals surface area contributed by atoms with Gasteiger partial charge >= 0.3 is 5.97 Å². The van der Waals surface area contributed by atoms with Crippen LogP contribution in [-0.2, 0) is 28.3 Å². The quantitative estimate of drug-likeness (QED) is 0.306. The van der Waals surface area contributed by atoms with E-state index in [1.54, 1.807) is 12.1 Å². The third kappa shape index (κ3) is 2.58. The van der Waals surface area contributed by atoms with Gasteiger partial charge in [-0.2, -0.15) is 0 Å². The van der Waals surface area contributed by atoms with E-state index in [0.29, 0.717) is 27.9 Å². The molecule has 1 aromatic carbocycles. The van der Waals surface area contributed by atoms with Gasteiger partial charge in [-0.15, -0.1) is 0 Å². The van der Waals surface area contributed by atoms with Crippen molar-refractivity contribution >= 4 is 16.9 Å². The molecule has 0 spiro atoms. The third-order valence-corrected chi connectivity index (χ3v) is 5.01. The van der Waals surface area contributed by atoms with Gasteiger partial charge in [-0.1, -0.05) is 0 Å². The van der Waals surface area contributed by atoms with E-state index >= 15 is 0 Å². The summed E-state index contributed by atoms with van der Waals surface area (Å²) in [5.74, 6) is -0.770. The van der Waals surface area contributed by atoms with Crippen LogP contribution in [-0.4, -0.2) is 25.7 Å². The first-order valence-corrected chi connectivity index (χ1v) is 8.08. The Morgan fingerprint density at radius 1 is 1.33 bits per heavy atom. The standard InChI is InChI=1S/C19H14N2O5.Ac/c1-19(25)13-6-15-16-10(4-9-5-11(22)2-3-14(9)20-16)7-21(15)17(23)12(13)8-26-18(19)24;/h2-6,22,25H,7-8H2,1H3;/t19-;/m0./s1/i4T;. The average molecular weight is 579 g/mol. The van der Waals surface area contributed by atoms with Crippen LogP contribution >= 0.6 is 0 Å². The molecule has 1 radical (unpaired) electrons. The minimum absolute atomic E-state index is 0. The number of phenolic OH excluding ortho intramolecular Hbond substituents is 1. The number of rotatable bonds is 0. The summed E-state index contributed by atoms with van der Waals surface area (Å²) in [7, 11) is 0. The van der Waals surface area contributed by atoms with Crippen molar-refractivity contribution in [2.24, 2.45) is 0 Å². The van der Waals surface area contributed by atoms with E-state index in [1.807, 2.05) is 0 Å². The summed E-state index contributed by atoms with van der Waals surface area (Å²) >= 11 is 0. The Labute approximate surface area is 190 Å². The van der Waals surface area contributed by atoms with Crippen molar-refractivity contribution in [3.63, 3.8) is 0 Å². The molecule has 2 aliphatic rings. The van der Waals surface area contributed by atoms with Crippen molar-refractivity contribution in [2.45, 2.75) is 25.7 Å². The van der Waals surface area contributed by atoms with E-state index in [0.717, 1.165) is 0 Å². The van der Waals surface area contributed by atoms with Gasteiger partial charge < -0.3 is 19.5 Å². The average Bonchev–Trinajstić information content (AvgIpc) is 2.99. The Kier molecular flexibility index (Phi) is 3.94. The fourth-order valence-electron chi connectivity index (χ4n) is 3.62. The molecule has 0 aliphatic carbocycles. The Balaban J connectivity index is 0.00000192. The summed E-state index contributed by atoms with van der Waals surface area (Å²) in [4.78, 5) is 29.5. The number of esters is 1. The van der Waals surface area contributed by atoms with Crippen LogP contribution in [0.2, 0.25) is 0 Å². The number of carbonyl (C=O) groups excluding carboxylic acids is 1. The maximum atomic E-state index is 13.0. The molecular weight excluding hydrogens is 563 g/mol. The van der Waals surface area contributed by atoms with E-state index in [1.165, 1.54) is 23.6 Å². The molecule has 8 heteroatoms. The molecule has 27 heavy (non-hydrogen) atoms. The van der Waals surface area contributed by atoms with Crippen LogP contribution in [0.15, 0.2) is 35.1 Å². The van der Waals surface area contributed by atoms with E-state index in [9.17, 15) is 19.8 Å². The first-order valence-electron chi connectivity index (χ1n) is 8.58. The van der Waals surface area contributed by atoms with Crippen LogP contribution in [0.25, 0.3) is 22.3 Å². The largest absolute Gasteiger partial charge is 0.508 e. The molecule has 0 saturated heterocycles. The zero-order valence-electron chi connectivity index (χ0n) is 15.3. The minimum atomic E-state index is -1.92. The molecule has 0 bridgehead atoms. The molecule has 2 aliphatic heterocycles. The monoisotopic (exact) mass is 579 g/mol. The number of fused-ring (bicyclic) bond motifs is 5. The first-order chi connectivity index (χ1) is 12.8. The predicted octanol–water partition coefficient (Wildman–Crippen LogP) is 1.40. The molecule has 5 rings (SSSR count). The van der Waals surface area contributed by atoms with Gasteiger partial charge in [0.1, 0.15) is 12.4 Å². The van der Waals surface area contributed by atoms with Crippen molar-refractivity contribution < 1.29 is 65.2 Å². The smallest absolute Gasteiger partial charge is 0.342 e. The summed E-state index contributed by atoms with van der Waals surface area (Å²) in [6.45, 7) is 1.26. The topological polar surface area (TPSA) is 102 Å². The second-order valence-corrected chi connectivity index (χ2v) is 6.73. The second-order valence-electron chi connectivity index (χ2n) is 6.73. The maximum Gasteiger partial charge on any atom is 0.342 e. The number of aromatic hydroxyl groups is 1.